The summed E-state index contributed by atoms with van der Waals surface area (Å²) in [7, 11) is 0. The molecule has 0 aromatic heterocycles. The van der Waals surface area contributed by atoms with Gasteiger partial charge in [0.05, 0.1) is 24.5 Å². The minimum Gasteiger partial charge on any atom is -0.380 e. The molecule has 0 aliphatic carbocycles. The number of rotatable bonds is 9. The van der Waals surface area contributed by atoms with Crippen LogP contribution in [0.5, 0.6) is 0 Å². The molecule has 20 heavy (non-hydrogen) atoms. The molecule has 0 atom stereocenters. The largest absolute Gasteiger partial charge is 0.380 e. The molecule has 0 saturated carbocycles. The van der Waals surface area contributed by atoms with E-state index in [0.29, 0.717) is 32.0 Å². The lowest BCUT2D eigenvalue weighted by atomic mass is 10.1. The van der Waals surface area contributed by atoms with Crippen molar-refractivity contribution in [3.63, 3.8) is 0 Å². The van der Waals surface area contributed by atoms with Gasteiger partial charge in [0.25, 0.3) is 0 Å². The topological polar surface area (TPSA) is 45.5 Å². The highest BCUT2D eigenvalue weighted by molar-refractivity contribution is 5.60. The molecule has 0 aliphatic rings. The van der Waals surface area contributed by atoms with Gasteiger partial charge >= 0.3 is 0 Å². The maximum Gasteiger partial charge on any atom is 0.101 e. The first kappa shape index (κ1) is 16.5. The van der Waals surface area contributed by atoms with Crippen molar-refractivity contribution in [1.82, 2.24) is 0 Å². The highest BCUT2D eigenvalue weighted by Crippen LogP contribution is 2.21. The molecule has 0 unspecified atom stereocenters. The Bertz CT molecular complexity index is 431. The Kier molecular flexibility index (Phi) is 7.71. The number of hydrogen-bond donors (Lipinski definition) is 0. The van der Waals surface area contributed by atoms with Crippen molar-refractivity contribution < 1.29 is 9.47 Å². The second-order valence-electron chi connectivity index (χ2n) is 4.51. The molecule has 0 heterocycles. The van der Waals surface area contributed by atoms with Crippen LogP contribution in [0.15, 0.2) is 18.2 Å². The first-order valence-corrected chi connectivity index (χ1v) is 7.14. The van der Waals surface area contributed by atoms with Gasteiger partial charge in [0.15, 0.2) is 0 Å². The molecule has 1 rings (SSSR count). The molecule has 1 aromatic rings. The molecule has 4 heteroatoms. The fourth-order valence-electron chi connectivity index (χ4n) is 1.99. The lowest BCUT2D eigenvalue weighted by Crippen LogP contribution is -2.31. The van der Waals surface area contributed by atoms with Crippen molar-refractivity contribution in [2.75, 3.05) is 44.4 Å². The fraction of sp³-hybridized carbons (Fsp3) is 0.562. The van der Waals surface area contributed by atoms with E-state index in [4.69, 9.17) is 9.47 Å². The summed E-state index contributed by atoms with van der Waals surface area (Å²) in [6, 6.07) is 8.15. The van der Waals surface area contributed by atoms with Gasteiger partial charge in [-0.15, -0.1) is 0 Å². The first-order valence-electron chi connectivity index (χ1n) is 7.14. The molecule has 0 fully saturated rings. The second-order valence-corrected chi connectivity index (χ2v) is 4.51. The van der Waals surface area contributed by atoms with Crippen molar-refractivity contribution in [3.05, 3.63) is 29.3 Å². The second kappa shape index (κ2) is 9.35. The number of benzene rings is 1. The Balaban J connectivity index is 2.84. The summed E-state index contributed by atoms with van der Waals surface area (Å²) in [5.41, 5.74) is 2.81. The SMILES string of the molecule is CCOCCN(CCOCC)c1cc(C)ccc1C#N. The van der Waals surface area contributed by atoms with E-state index in [9.17, 15) is 5.26 Å². The number of nitriles is 1. The third-order valence-corrected chi connectivity index (χ3v) is 3.03. The van der Waals surface area contributed by atoms with Crippen LogP contribution in [-0.2, 0) is 9.47 Å². The molecule has 0 spiro atoms. The van der Waals surface area contributed by atoms with Gasteiger partial charge in [-0.2, -0.15) is 5.26 Å². The highest BCUT2D eigenvalue weighted by atomic mass is 16.5. The van der Waals surface area contributed by atoms with Gasteiger partial charge in [0, 0.05) is 26.3 Å². The van der Waals surface area contributed by atoms with Gasteiger partial charge in [0.1, 0.15) is 6.07 Å². The van der Waals surface area contributed by atoms with E-state index in [0.717, 1.165) is 24.3 Å². The van der Waals surface area contributed by atoms with E-state index >= 15 is 0 Å². The number of aryl methyl sites for hydroxylation is 1. The van der Waals surface area contributed by atoms with E-state index < -0.39 is 0 Å². The van der Waals surface area contributed by atoms with Gasteiger partial charge in [0.2, 0.25) is 0 Å². The van der Waals surface area contributed by atoms with Gasteiger partial charge in [-0.1, -0.05) is 6.07 Å². The van der Waals surface area contributed by atoms with Crippen LogP contribution < -0.4 is 4.90 Å². The average Bonchev–Trinajstić information content (AvgIpc) is 2.46. The number of ether oxygens (including phenoxy) is 2. The minimum atomic E-state index is 0.654. The van der Waals surface area contributed by atoms with Crippen LogP contribution in [0.2, 0.25) is 0 Å². The lowest BCUT2D eigenvalue weighted by molar-refractivity contribution is 0.141. The summed E-state index contributed by atoms with van der Waals surface area (Å²) in [6.45, 7) is 10.3. The van der Waals surface area contributed by atoms with Crippen molar-refractivity contribution >= 4 is 5.69 Å². The molecule has 0 radical (unpaired) electrons. The highest BCUT2D eigenvalue weighted by Gasteiger charge is 2.11. The van der Waals surface area contributed by atoms with Crippen LogP contribution in [-0.4, -0.2) is 39.5 Å². The van der Waals surface area contributed by atoms with Crippen LogP contribution in [0, 0.1) is 18.3 Å². The standard InChI is InChI=1S/C16H24N2O2/c1-4-19-10-8-18(9-11-20-5-2)16-12-14(3)6-7-15(16)13-17/h6-7,12H,4-5,8-11H2,1-3H3. The minimum absolute atomic E-state index is 0.654. The fourth-order valence-corrected chi connectivity index (χ4v) is 1.99. The molecule has 0 amide bonds. The van der Waals surface area contributed by atoms with E-state index in [-0.39, 0.29) is 0 Å². The van der Waals surface area contributed by atoms with E-state index in [1.807, 2.05) is 32.9 Å². The summed E-state index contributed by atoms with van der Waals surface area (Å²) >= 11 is 0. The molecule has 4 nitrogen and oxygen atoms in total. The summed E-state index contributed by atoms with van der Waals surface area (Å²) in [4.78, 5) is 2.16. The Morgan fingerprint density at radius 2 is 1.70 bits per heavy atom. The van der Waals surface area contributed by atoms with Crippen LogP contribution >= 0.6 is 0 Å². The zero-order valence-corrected chi connectivity index (χ0v) is 12.7. The first-order chi connectivity index (χ1) is 9.72. The van der Waals surface area contributed by atoms with Crippen molar-refractivity contribution in [3.8, 4) is 6.07 Å². The van der Waals surface area contributed by atoms with Crippen LogP contribution in [0.4, 0.5) is 5.69 Å². The van der Waals surface area contributed by atoms with E-state index in [2.05, 4.69) is 17.0 Å². The van der Waals surface area contributed by atoms with Crippen molar-refractivity contribution in [2.24, 2.45) is 0 Å². The van der Waals surface area contributed by atoms with Crippen LogP contribution in [0.1, 0.15) is 25.0 Å². The maximum atomic E-state index is 9.26. The zero-order valence-electron chi connectivity index (χ0n) is 12.7. The Morgan fingerprint density at radius 3 is 2.20 bits per heavy atom. The van der Waals surface area contributed by atoms with Gasteiger partial charge < -0.3 is 14.4 Å². The van der Waals surface area contributed by atoms with Gasteiger partial charge in [-0.25, -0.2) is 0 Å². The summed E-state index contributed by atoms with van der Waals surface area (Å²) in [5.74, 6) is 0. The maximum absolute atomic E-state index is 9.26. The summed E-state index contributed by atoms with van der Waals surface area (Å²) in [6.07, 6.45) is 0. The van der Waals surface area contributed by atoms with Crippen LogP contribution in [0.3, 0.4) is 0 Å². The molecule has 0 N–H and O–H groups in total. The normalized spacial score (nSPS) is 10.3. The average molecular weight is 276 g/mol. The third kappa shape index (κ3) is 5.20. The lowest BCUT2D eigenvalue weighted by Gasteiger charge is -2.26. The van der Waals surface area contributed by atoms with Gasteiger partial charge in [-0.3, -0.25) is 0 Å². The molecule has 1 aromatic carbocycles. The predicted molar refractivity (Wildman–Crippen MR) is 81.1 cm³/mol. The predicted octanol–water partition coefficient (Wildman–Crippen LogP) is 2.75. The Hall–Kier alpha value is -1.57. The number of nitrogens with zero attached hydrogens (tertiary/aromatic N) is 2. The Labute approximate surface area is 121 Å². The van der Waals surface area contributed by atoms with E-state index in [1.54, 1.807) is 0 Å². The number of anilines is 1. The van der Waals surface area contributed by atoms with Crippen molar-refractivity contribution in [2.45, 2.75) is 20.8 Å². The smallest absolute Gasteiger partial charge is 0.101 e. The van der Waals surface area contributed by atoms with Crippen LogP contribution in [0.25, 0.3) is 0 Å². The molecule has 0 saturated heterocycles. The van der Waals surface area contributed by atoms with E-state index in [1.165, 1.54) is 0 Å². The molecule has 0 aliphatic heterocycles. The monoisotopic (exact) mass is 276 g/mol. The van der Waals surface area contributed by atoms with Crippen molar-refractivity contribution in [1.29, 1.82) is 5.26 Å². The molecule has 0 bridgehead atoms. The van der Waals surface area contributed by atoms with Gasteiger partial charge in [-0.05, 0) is 38.5 Å². The quantitative estimate of drug-likeness (QED) is 0.651. The molecule has 110 valence electrons. The zero-order chi connectivity index (χ0) is 14.8. The third-order valence-electron chi connectivity index (χ3n) is 3.03. The Morgan fingerprint density at radius 1 is 1.10 bits per heavy atom. The molecular weight excluding hydrogens is 252 g/mol. The summed E-state index contributed by atoms with van der Waals surface area (Å²) < 4.78 is 10.9. The molecular formula is C16H24N2O2. The number of hydrogen-bond acceptors (Lipinski definition) is 4. The summed E-state index contributed by atoms with van der Waals surface area (Å²) in [5, 5.41) is 9.26.